The van der Waals surface area contributed by atoms with Gasteiger partial charge >= 0.3 is 6.01 Å². The Bertz CT molecular complexity index is 277. The smallest absolute Gasteiger partial charge is 0.315 e. The maximum Gasteiger partial charge on any atom is 0.315 e. The summed E-state index contributed by atoms with van der Waals surface area (Å²) in [5.41, 5.74) is 0. The number of hydrogen-bond donors (Lipinski definition) is 2. The minimum atomic E-state index is 0.0838. The Morgan fingerprint density at radius 1 is 1.47 bits per heavy atom. The quantitative estimate of drug-likeness (QED) is 0.654. The fourth-order valence-electron chi connectivity index (χ4n) is 1.13. The van der Waals surface area contributed by atoms with Crippen molar-refractivity contribution < 1.29 is 9.15 Å². The SMILES string of the molecule is CCNC(C)c1nnc(NCCOC)o1. The van der Waals surface area contributed by atoms with Crippen LogP contribution in [0.1, 0.15) is 25.8 Å². The van der Waals surface area contributed by atoms with Gasteiger partial charge in [0.25, 0.3) is 0 Å². The zero-order valence-corrected chi connectivity index (χ0v) is 9.41. The molecule has 0 aliphatic rings. The molecule has 15 heavy (non-hydrogen) atoms. The summed E-state index contributed by atoms with van der Waals surface area (Å²) >= 11 is 0. The first-order chi connectivity index (χ1) is 7.27. The van der Waals surface area contributed by atoms with E-state index >= 15 is 0 Å². The Morgan fingerprint density at radius 3 is 2.93 bits per heavy atom. The van der Waals surface area contributed by atoms with E-state index in [4.69, 9.17) is 9.15 Å². The van der Waals surface area contributed by atoms with E-state index in [9.17, 15) is 0 Å². The van der Waals surface area contributed by atoms with Crippen molar-refractivity contribution in [2.45, 2.75) is 19.9 Å². The minimum absolute atomic E-state index is 0.0838. The molecule has 6 nitrogen and oxygen atoms in total. The van der Waals surface area contributed by atoms with Gasteiger partial charge in [-0.2, -0.15) is 0 Å². The molecule has 1 atom stereocenters. The molecule has 0 radical (unpaired) electrons. The summed E-state index contributed by atoms with van der Waals surface area (Å²) < 4.78 is 10.3. The third-order valence-electron chi connectivity index (χ3n) is 1.90. The maximum absolute atomic E-state index is 5.39. The van der Waals surface area contributed by atoms with Crippen molar-refractivity contribution in [1.29, 1.82) is 0 Å². The number of rotatable bonds is 7. The lowest BCUT2D eigenvalue weighted by Crippen LogP contribution is -2.17. The molecule has 1 unspecified atom stereocenters. The summed E-state index contributed by atoms with van der Waals surface area (Å²) in [6.45, 7) is 6.16. The van der Waals surface area contributed by atoms with Gasteiger partial charge in [-0.25, -0.2) is 0 Å². The topological polar surface area (TPSA) is 72.2 Å². The number of nitrogens with zero attached hydrogens (tertiary/aromatic N) is 2. The molecule has 0 aromatic carbocycles. The monoisotopic (exact) mass is 214 g/mol. The van der Waals surface area contributed by atoms with Crippen LogP contribution >= 0.6 is 0 Å². The summed E-state index contributed by atoms with van der Waals surface area (Å²) in [5, 5.41) is 14.0. The predicted molar refractivity (Wildman–Crippen MR) is 56.8 cm³/mol. The van der Waals surface area contributed by atoms with Crippen LogP contribution in [0.15, 0.2) is 4.42 Å². The number of hydrogen-bond acceptors (Lipinski definition) is 6. The van der Waals surface area contributed by atoms with Crippen molar-refractivity contribution in [2.24, 2.45) is 0 Å². The van der Waals surface area contributed by atoms with Gasteiger partial charge in [0.1, 0.15) is 0 Å². The van der Waals surface area contributed by atoms with Crippen molar-refractivity contribution in [3.05, 3.63) is 5.89 Å². The molecular formula is C9H18N4O2. The Labute approximate surface area is 89.4 Å². The first-order valence-electron chi connectivity index (χ1n) is 5.07. The molecule has 0 saturated carbocycles. The number of nitrogens with one attached hydrogen (secondary N) is 2. The molecule has 0 spiro atoms. The van der Waals surface area contributed by atoms with E-state index in [0.29, 0.717) is 25.1 Å². The van der Waals surface area contributed by atoms with Crippen molar-refractivity contribution >= 4 is 6.01 Å². The molecule has 2 N–H and O–H groups in total. The van der Waals surface area contributed by atoms with Crippen molar-refractivity contribution in [1.82, 2.24) is 15.5 Å². The van der Waals surface area contributed by atoms with Crippen LogP contribution in [0.25, 0.3) is 0 Å². The summed E-state index contributed by atoms with van der Waals surface area (Å²) in [7, 11) is 1.65. The summed E-state index contributed by atoms with van der Waals surface area (Å²) in [5.74, 6) is 0.594. The van der Waals surface area contributed by atoms with E-state index < -0.39 is 0 Å². The fourth-order valence-corrected chi connectivity index (χ4v) is 1.13. The van der Waals surface area contributed by atoms with E-state index in [1.807, 2.05) is 13.8 Å². The van der Waals surface area contributed by atoms with E-state index in [0.717, 1.165) is 6.54 Å². The normalized spacial score (nSPS) is 12.7. The molecule has 0 amide bonds. The zero-order valence-electron chi connectivity index (χ0n) is 9.41. The molecule has 0 aliphatic heterocycles. The van der Waals surface area contributed by atoms with E-state index in [1.54, 1.807) is 7.11 Å². The van der Waals surface area contributed by atoms with Crippen LogP contribution in [0.4, 0.5) is 6.01 Å². The molecule has 86 valence electrons. The predicted octanol–water partition coefficient (Wildman–Crippen LogP) is 0.798. The largest absolute Gasteiger partial charge is 0.406 e. The second-order valence-corrected chi connectivity index (χ2v) is 3.14. The summed E-state index contributed by atoms with van der Waals surface area (Å²) in [6, 6.07) is 0.521. The van der Waals surface area contributed by atoms with Gasteiger partial charge in [-0.1, -0.05) is 12.0 Å². The number of anilines is 1. The lowest BCUT2D eigenvalue weighted by atomic mass is 10.3. The molecule has 6 heteroatoms. The van der Waals surface area contributed by atoms with Gasteiger partial charge < -0.3 is 19.8 Å². The zero-order chi connectivity index (χ0) is 11.1. The van der Waals surface area contributed by atoms with Gasteiger partial charge in [-0.15, -0.1) is 5.10 Å². The van der Waals surface area contributed by atoms with Gasteiger partial charge in [0, 0.05) is 13.7 Å². The highest BCUT2D eigenvalue weighted by molar-refractivity contribution is 5.16. The van der Waals surface area contributed by atoms with Crippen LogP contribution in [-0.2, 0) is 4.74 Å². The highest BCUT2D eigenvalue weighted by Gasteiger charge is 2.11. The minimum Gasteiger partial charge on any atom is -0.406 e. The second-order valence-electron chi connectivity index (χ2n) is 3.14. The third-order valence-corrected chi connectivity index (χ3v) is 1.90. The third kappa shape index (κ3) is 3.85. The number of aromatic nitrogens is 2. The molecular weight excluding hydrogens is 196 g/mol. The van der Waals surface area contributed by atoms with Crippen LogP contribution in [0.2, 0.25) is 0 Å². The molecule has 1 aromatic heterocycles. The highest BCUT2D eigenvalue weighted by atomic mass is 16.5. The Hall–Kier alpha value is -1.14. The van der Waals surface area contributed by atoms with Gasteiger partial charge in [-0.05, 0) is 13.5 Å². The van der Waals surface area contributed by atoms with Crippen LogP contribution in [0.5, 0.6) is 0 Å². The maximum atomic E-state index is 5.39. The standard InChI is InChI=1S/C9H18N4O2/c1-4-10-7(2)8-12-13-9(15-8)11-5-6-14-3/h7,10H,4-6H2,1-3H3,(H,11,13). The summed E-state index contributed by atoms with van der Waals surface area (Å²) in [4.78, 5) is 0. The molecule has 1 rings (SSSR count). The van der Waals surface area contributed by atoms with Crippen LogP contribution in [-0.4, -0.2) is 37.0 Å². The lowest BCUT2D eigenvalue weighted by molar-refractivity contribution is 0.210. The van der Waals surface area contributed by atoms with Crippen LogP contribution in [0, 0.1) is 0 Å². The average Bonchev–Trinajstić information content (AvgIpc) is 2.67. The summed E-state index contributed by atoms with van der Waals surface area (Å²) in [6.07, 6.45) is 0. The number of ether oxygens (including phenoxy) is 1. The first-order valence-corrected chi connectivity index (χ1v) is 5.07. The van der Waals surface area contributed by atoms with Crippen molar-refractivity contribution in [2.75, 3.05) is 32.1 Å². The first kappa shape index (κ1) is 11.9. The molecule has 0 aliphatic carbocycles. The highest BCUT2D eigenvalue weighted by Crippen LogP contribution is 2.12. The lowest BCUT2D eigenvalue weighted by Gasteiger charge is -2.05. The average molecular weight is 214 g/mol. The molecule has 0 saturated heterocycles. The fraction of sp³-hybridized carbons (Fsp3) is 0.778. The Morgan fingerprint density at radius 2 is 2.27 bits per heavy atom. The van der Waals surface area contributed by atoms with Crippen LogP contribution < -0.4 is 10.6 Å². The van der Waals surface area contributed by atoms with Crippen molar-refractivity contribution in [3.63, 3.8) is 0 Å². The van der Waals surface area contributed by atoms with Gasteiger partial charge in [0.05, 0.1) is 12.6 Å². The van der Waals surface area contributed by atoms with Crippen LogP contribution in [0.3, 0.4) is 0 Å². The molecule has 1 aromatic rings. The van der Waals surface area contributed by atoms with Crippen molar-refractivity contribution in [3.8, 4) is 0 Å². The molecule has 0 fully saturated rings. The Balaban J connectivity index is 2.41. The second kappa shape index (κ2) is 6.36. The van der Waals surface area contributed by atoms with Gasteiger partial charge in [0.2, 0.25) is 5.89 Å². The Kier molecular flexibility index (Phi) is 5.06. The van der Waals surface area contributed by atoms with Gasteiger partial charge in [0.15, 0.2) is 0 Å². The number of methoxy groups -OCH3 is 1. The molecule has 1 heterocycles. The molecule has 0 bridgehead atoms. The van der Waals surface area contributed by atoms with E-state index in [-0.39, 0.29) is 6.04 Å². The van der Waals surface area contributed by atoms with Gasteiger partial charge in [-0.3, -0.25) is 0 Å². The van der Waals surface area contributed by atoms with E-state index in [1.165, 1.54) is 0 Å². The van der Waals surface area contributed by atoms with E-state index in [2.05, 4.69) is 20.8 Å².